The highest BCUT2D eigenvalue weighted by atomic mass is 32.2. The number of fused-ring (bicyclic) bond motifs is 2. The molecule has 3 unspecified atom stereocenters. The molecular formula is C15H23N3OS. The largest absolute Gasteiger partial charge is 0.296 e. The molecule has 0 saturated carbocycles. The van der Waals surface area contributed by atoms with Crippen molar-refractivity contribution in [3.63, 3.8) is 0 Å². The summed E-state index contributed by atoms with van der Waals surface area (Å²) in [5, 5.41) is 7.32. The number of hydrogen-bond donors (Lipinski definition) is 1. The third kappa shape index (κ3) is 2.74. The molecular weight excluding hydrogens is 270 g/mol. The maximum Gasteiger partial charge on any atom is 0.0522 e. The number of H-pyrrole nitrogens is 1. The van der Waals surface area contributed by atoms with E-state index in [1.54, 1.807) is 6.26 Å². The molecule has 1 aromatic rings. The molecule has 5 heteroatoms. The van der Waals surface area contributed by atoms with Crippen molar-refractivity contribution in [1.29, 1.82) is 0 Å². The topological polar surface area (TPSA) is 49.0 Å². The second-order valence-electron chi connectivity index (χ2n) is 6.03. The minimum absolute atomic E-state index is 0.543. The minimum Gasteiger partial charge on any atom is -0.296 e. The van der Waals surface area contributed by atoms with Crippen molar-refractivity contribution in [2.45, 2.75) is 32.2 Å². The van der Waals surface area contributed by atoms with Gasteiger partial charge in [0.2, 0.25) is 0 Å². The van der Waals surface area contributed by atoms with Crippen molar-refractivity contribution < 1.29 is 4.21 Å². The van der Waals surface area contributed by atoms with E-state index in [4.69, 9.17) is 0 Å². The average Bonchev–Trinajstić information content (AvgIpc) is 2.83. The van der Waals surface area contributed by atoms with Gasteiger partial charge in [0.25, 0.3) is 0 Å². The van der Waals surface area contributed by atoms with Gasteiger partial charge in [-0.15, -0.1) is 0 Å². The summed E-state index contributed by atoms with van der Waals surface area (Å²) >= 11 is 0. The minimum atomic E-state index is -0.747. The monoisotopic (exact) mass is 293 g/mol. The van der Waals surface area contributed by atoms with Gasteiger partial charge in [0, 0.05) is 41.1 Å². The Balaban J connectivity index is 1.86. The summed E-state index contributed by atoms with van der Waals surface area (Å²) < 4.78 is 11.5. The highest BCUT2D eigenvalue weighted by Gasteiger charge is 2.35. The van der Waals surface area contributed by atoms with Gasteiger partial charge in [-0.1, -0.05) is 13.0 Å². The number of nitrogens with one attached hydrogen (secondary N) is 1. The second kappa shape index (κ2) is 5.82. The van der Waals surface area contributed by atoms with E-state index >= 15 is 0 Å². The molecule has 110 valence electrons. The molecule has 20 heavy (non-hydrogen) atoms. The van der Waals surface area contributed by atoms with Crippen molar-refractivity contribution in [2.24, 2.45) is 5.92 Å². The molecule has 2 heterocycles. The summed E-state index contributed by atoms with van der Waals surface area (Å²) in [5.41, 5.74) is 4.02. The molecule has 0 amide bonds. The third-order valence-corrected chi connectivity index (χ3v) is 5.17. The van der Waals surface area contributed by atoms with Crippen LogP contribution in [0.15, 0.2) is 17.8 Å². The van der Waals surface area contributed by atoms with E-state index in [0.717, 1.165) is 31.7 Å². The highest BCUT2D eigenvalue weighted by molar-refractivity contribution is 7.84. The third-order valence-electron chi connectivity index (χ3n) is 4.40. The first-order valence-corrected chi connectivity index (χ1v) is 9.15. The predicted octanol–water partition coefficient (Wildman–Crippen LogP) is 1.52. The molecule has 1 N–H and O–H groups in total. The lowest BCUT2D eigenvalue weighted by atomic mass is 9.79. The molecule has 0 radical (unpaired) electrons. The van der Waals surface area contributed by atoms with Crippen molar-refractivity contribution in [3.8, 4) is 0 Å². The van der Waals surface area contributed by atoms with Crippen LogP contribution in [0.2, 0.25) is 0 Å². The van der Waals surface area contributed by atoms with E-state index in [1.165, 1.54) is 23.3 Å². The summed E-state index contributed by atoms with van der Waals surface area (Å²) in [7, 11) is -0.747. The van der Waals surface area contributed by atoms with Gasteiger partial charge in [-0.2, -0.15) is 5.10 Å². The normalized spacial score (nSPS) is 27.6. The Morgan fingerprint density at radius 1 is 1.50 bits per heavy atom. The molecule has 0 aromatic carbocycles. The maximum atomic E-state index is 11.5. The van der Waals surface area contributed by atoms with Crippen LogP contribution in [0.1, 0.15) is 24.6 Å². The van der Waals surface area contributed by atoms with E-state index in [0.29, 0.717) is 12.0 Å². The molecule has 3 atom stereocenters. The first kappa shape index (κ1) is 14.0. The fourth-order valence-electron chi connectivity index (χ4n) is 3.63. The lowest BCUT2D eigenvalue weighted by Crippen LogP contribution is -2.49. The van der Waals surface area contributed by atoms with Gasteiger partial charge in [0.15, 0.2) is 0 Å². The Morgan fingerprint density at radius 3 is 3.10 bits per heavy atom. The molecule has 3 rings (SSSR count). The van der Waals surface area contributed by atoms with Crippen molar-refractivity contribution >= 4 is 10.8 Å². The van der Waals surface area contributed by atoms with Crippen LogP contribution in [-0.2, 0) is 23.6 Å². The summed E-state index contributed by atoms with van der Waals surface area (Å²) in [5.74, 6) is 1.26. The maximum absolute atomic E-state index is 11.5. The first-order chi connectivity index (χ1) is 9.67. The average molecular weight is 293 g/mol. The number of aromatic nitrogens is 2. The number of nitrogens with zero attached hydrogens (tertiary/aromatic N) is 2. The molecule has 0 bridgehead atoms. The van der Waals surface area contributed by atoms with Crippen LogP contribution in [-0.4, -0.2) is 50.4 Å². The molecule has 1 aliphatic heterocycles. The molecule has 0 saturated heterocycles. The lowest BCUT2D eigenvalue weighted by molar-refractivity contribution is 0.149. The Bertz CT molecular complexity index is 537. The van der Waals surface area contributed by atoms with E-state index in [2.05, 4.69) is 28.1 Å². The van der Waals surface area contributed by atoms with Crippen LogP contribution in [0, 0.1) is 5.92 Å². The van der Waals surface area contributed by atoms with Crippen LogP contribution in [0.25, 0.3) is 0 Å². The van der Waals surface area contributed by atoms with Gasteiger partial charge in [-0.05, 0) is 42.9 Å². The highest BCUT2D eigenvalue weighted by Crippen LogP contribution is 2.33. The first-order valence-electron chi connectivity index (χ1n) is 7.42. The molecule has 1 aromatic heterocycles. The number of hydrogen-bond acceptors (Lipinski definition) is 3. The summed E-state index contributed by atoms with van der Waals surface area (Å²) in [6.45, 7) is 4.35. The van der Waals surface area contributed by atoms with Gasteiger partial charge < -0.3 is 0 Å². The van der Waals surface area contributed by atoms with Crippen LogP contribution in [0.3, 0.4) is 0 Å². The predicted molar refractivity (Wildman–Crippen MR) is 82.2 cm³/mol. The Labute approximate surface area is 123 Å². The molecule has 1 aliphatic carbocycles. The molecule has 4 nitrogen and oxygen atoms in total. The quantitative estimate of drug-likeness (QED) is 0.856. The zero-order valence-electron chi connectivity index (χ0n) is 12.3. The van der Waals surface area contributed by atoms with Gasteiger partial charge in [-0.25, -0.2) is 0 Å². The van der Waals surface area contributed by atoms with Crippen molar-refractivity contribution in [1.82, 2.24) is 15.1 Å². The summed E-state index contributed by atoms with van der Waals surface area (Å²) in [4.78, 5) is 2.59. The number of aromatic amines is 1. The van der Waals surface area contributed by atoms with Crippen LogP contribution < -0.4 is 0 Å². The van der Waals surface area contributed by atoms with Gasteiger partial charge >= 0.3 is 0 Å². The van der Waals surface area contributed by atoms with Crippen LogP contribution in [0.4, 0.5) is 0 Å². The Hall–Kier alpha value is -0.940. The van der Waals surface area contributed by atoms with E-state index in [1.807, 2.05) is 6.20 Å². The SMILES string of the molecule is CCCN1CC(CS(C)=O)=CC2Cc3[nH]ncc3CC21. The van der Waals surface area contributed by atoms with E-state index in [-0.39, 0.29) is 0 Å². The second-order valence-corrected chi connectivity index (χ2v) is 7.46. The summed E-state index contributed by atoms with van der Waals surface area (Å²) in [6, 6.07) is 0.592. The van der Waals surface area contributed by atoms with E-state index < -0.39 is 10.8 Å². The zero-order valence-corrected chi connectivity index (χ0v) is 13.1. The van der Waals surface area contributed by atoms with Gasteiger partial charge in [0.05, 0.1) is 6.20 Å². The fourth-order valence-corrected chi connectivity index (χ4v) is 4.34. The smallest absolute Gasteiger partial charge is 0.0522 e. The van der Waals surface area contributed by atoms with Crippen LogP contribution >= 0.6 is 0 Å². The van der Waals surface area contributed by atoms with Crippen molar-refractivity contribution in [2.75, 3.05) is 25.1 Å². The van der Waals surface area contributed by atoms with Gasteiger partial charge in [-0.3, -0.25) is 14.2 Å². The number of rotatable bonds is 4. The zero-order chi connectivity index (χ0) is 14.1. The molecule has 0 spiro atoms. The van der Waals surface area contributed by atoms with Gasteiger partial charge in [0.1, 0.15) is 0 Å². The molecule has 2 aliphatic rings. The standard InChI is InChI=1S/C15H23N3OS/c1-3-4-18-9-11(10-20(2)19)5-12-6-14-13(7-15(12)18)8-16-17-14/h5,8,12,15H,3-4,6-7,9-10H2,1-2H3,(H,16,17). The summed E-state index contributed by atoms with van der Waals surface area (Å²) in [6.07, 6.45) is 9.47. The Kier molecular flexibility index (Phi) is 4.08. The lowest BCUT2D eigenvalue weighted by Gasteiger charge is -2.42. The Morgan fingerprint density at radius 2 is 2.35 bits per heavy atom. The van der Waals surface area contributed by atoms with Crippen LogP contribution in [0.5, 0.6) is 0 Å². The fraction of sp³-hybridized carbons (Fsp3) is 0.667. The van der Waals surface area contributed by atoms with Crippen molar-refractivity contribution in [3.05, 3.63) is 29.1 Å². The van der Waals surface area contributed by atoms with E-state index in [9.17, 15) is 4.21 Å². The molecule has 0 fully saturated rings.